The number of allylic oxidation sites excluding steroid dienone is 2. The molecule has 0 bridgehead atoms. The van der Waals surface area contributed by atoms with Crippen molar-refractivity contribution in [2.75, 3.05) is 0 Å². The Kier molecular flexibility index (Phi) is 2.08. The van der Waals surface area contributed by atoms with Crippen molar-refractivity contribution in [3.63, 3.8) is 0 Å². The molecule has 1 aliphatic rings. The van der Waals surface area contributed by atoms with Crippen LogP contribution in [0.15, 0.2) is 11.6 Å². The van der Waals surface area contributed by atoms with Gasteiger partial charge in [-0.25, -0.2) is 0 Å². The number of carbonyl (C=O) groups excluding carboxylic acids is 2. The zero-order chi connectivity index (χ0) is 8.65. The van der Waals surface area contributed by atoms with E-state index < -0.39 is 15.9 Å². The van der Waals surface area contributed by atoms with Crippen LogP contribution in [-0.2, 0) is 9.59 Å². The average Bonchev–Trinajstić information content (AvgIpc) is 1.79. The van der Waals surface area contributed by atoms with E-state index in [9.17, 15) is 9.59 Å². The van der Waals surface area contributed by atoms with Crippen LogP contribution in [0.3, 0.4) is 0 Å². The van der Waals surface area contributed by atoms with Gasteiger partial charge in [-0.1, -0.05) is 6.08 Å². The fraction of sp³-hybridized carbons (Fsp3) is 0.429. The predicted molar refractivity (Wildman–Crippen MR) is 42.5 cm³/mol. The summed E-state index contributed by atoms with van der Waals surface area (Å²) >= 11 is 10.4. The third-order valence-corrected chi connectivity index (χ3v) is 2.43. The lowest BCUT2D eigenvalue weighted by molar-refractivity contribution is -0.118. The predicted octanol–water partition coefficient (Wildman–Crippen LogP) is 1.85. The third kappa shape index (κ3) is 1.47. The first kappa shape index (κ1) is 8.75. The van der Waals surface area contributed by atoms with Crippen molar-refractivity contribution in [1.82, 2.24) is 0 Å². The Morgan fingerprint density at radius 2 is 2.00 bits per heavy atom. The maximum absolute atomic E-state index is 10.7. The van der Waals surface area contributed by atoms with Crippen LogP contribution >= 0.6 is 23.2 Å². The van der Waals surface area contributed by atoms with Crippen LogP contribution in [0.5, 0.6) is 0 Å². The van der Waals surface area contributed by atoms with Gasteiger partial charge < -0.3 is 0 Å². The van der Waals surface area contributed by atoms with Crippen molar-refractivity contribution in [3.05, 3.63) is 11.6 Å². The molecule has 60 valence electrons. The highest BCUT2D eigenvalue weighted by Crippen LogP contribution is 2.41. The van der Waals surface area contributed by atoms with E-state index in [0.717, 1.165) is 0 Å². The van der Waals surface area contributed by atoms with Crippen molar-refractivity contribution in [2.24, 2.45) is 5.41 Å². The average molecular weight is 193 g/mol. The molecule has 1 aliphatic carbocycles. The maximum atomic E-state index is 10.7. The van der Waals surface area contributed by atoms with E-state index in [4.69, 9.17) is 23.2 Å². The molecule has 1 unspecified atom stereocenters. The Labute approximate surface area is 74.2 Å². The molecule has 0 spiro atoms. The van der Waals surface area contributed by atoms with Crippen LogP contribution < -0.4 is 0 Å². The van der Waals surface area contributed by atoms with Crippen LogP contribution in [0.2, 0.25) is 0 Å². The van der Waals surface area contributed by atoms with E-state index in [1.54, 1.807) is 6.92 Å². The van der Waals surface area contributed by atoms with Crippen molar-refractivity contribution in [2.45, 2.75) is 13.3 Å². The minimum Gasteiger partial charge on any atom is -0.280 e. The second-order valence-corrected chi connectivity index (χ2v) is 3.50. The summed E-state index contributed by atoms with van der Waals surface area (Å²) in [5.41, 5.74) is -0.190. The topological polar surface area (TPSA) is 34.1 Å². The zero-order valence-electron chi connectivity index (χ0n) is 5.86. The smallest absolute Gasteiger partial charge is 0.248 e. The largest absolute Gasteiger partial charge is 0.280 e. The zero-order valence-corrected chi connectivity index (χ0v) is 7.37. The van der Waals surface area contributed by atoms with Gasteiger partial charge in [0.1, 0.15) is 0 Å². The van der Waals surface area contributed by atoms with E-state index >= 15 is 0 Å². The standard InChI is InChI=1S/C7H6Cl2O2/c1-7(6(9)11)2-4(3-7)5(8)10/h2H,3H2,1H3. The third-order valence-electron chi connectivity index (χ3n) is 1.75. The second-order valence-electron chi connectivity index (χ2n) is 2.81. The second kappa shape index (κ2) is 2.61. The van der Waals surface area contributed by atoms with Gasteiger partial charge in [-0.2, -0.15) is 0 Å². The molecule has 4 heteroatoms. The summed E-state index contributed by atoms with van der Waals surface area (Å²) in [5, 5.41) is -0.945. The molecule has 0 radical (unpaired) electrons. The fourth-order valence-electron chi connectivity index (χ4n) is 1.00. The van der Waals surface area contributed by atoms with E-state index in [2.05, 4.69) is 0 Å². The molecule has 0 N–H and O–H groups in total. The van der Waals surface area contributed by atoms with Crippen LogP contribution in [-0.4, -0.2) is 10.5 Å². The molecule has 0 aromatic carbocycles. The molecule has 0 aromatic rings. The van der Waals surface area contributed by atoms with Crippen molar-refractivity contribution in [3.8, 4) is 0 Å². The molecular formula is C7H6Cl2O2. The number of hydrogen-bond donors (Lipinski definition) is 0. The van der Waals surface area contributed by atoms with Crippen molar-refractivity contribution in [1.29, 1.82) is 0 Å². The highest BCUT2D eigenvalue weighted by molar-refractivity contribution is 6.69. The SMILES string of the molecule is CC1(C(=O)Cl)C=C(C(=O)Cl)C1. The van der Waals surface area contributed by atoms with Crippen LogP contribution in [0.25, 0.3) is 0 Å². The Morgan fingerprint density at radius 1 is 1.55 bits per heavy atom. The van der Waals surface area contributed by atoms with Gasteiger partial charge in [0.25, 0.3) is 0 Å². The van der Waals surface area contributed by atoms with Gasteiger partial charge >= 0.3 is 0 Å². The Morgan fingerprint density at radius 3 is 2.27 bits per heavy atom. The summed E-state index contributed by atoms with van der Waals surface area (Å²) in [4.78, 5) is 21.2. The number of carbonyl (C=O) groups is 2. The van der Waals surface area contributed by atoms with Crippen LogP contribution in [0.1, 0.15) is 13.3 Å². The first-order valence-electron chi connectivity index (χ1n) is 3.07. The Hall–Kier alpha value is -0.340. The molecule has 2 nitrogen and oxygen atoms in total. The first-order chi connectivity index (χ1) is 4.96. The van der Waals surface area contributed by atoms with Gasteiger partial charge in [-0.3, -0.25) is 9.59 Å². The highest BCUT2D eigenvalue weighted by atomic mass is 35.5. The Balaban J connectivity index is 2.76. The summed E-state index contributed by atoms with van der Waals surface area (Å²) in [5.74, 6) is 0. The molecule has 1 rings (SSSR count). The lowest BCUT2D eigenvalue weighted by atomic mass is 9.74. The summed E-state index contributed by atoms with van der Waals surface area (Å²) in [6, 6.07) is 0. The summed E-state index contributed by atoms with van der Waals surface area (Å²) in [7, 11) is 0. The fourth-order valence-corrected chi connectivity index (χ4v) is 1.25. The highest BCUT2D eigenvalue weighted by Gasteiger charge is 2.39. The summed E-state index contributed by atoms with van der Waals surface area (Å²) in [6.45, 7) is 1.67. The number of hydrogen-bond acceptors (Lipinski definition) is 2. The first-order valence-corrected chi connectivity index (χ1v) is 3.83. The molecule has 1 atom stereocenters. The molecule has 0 heterocycles. The van der Waals surface area contributed by atoms with Gasteiger partial charge in [0, 0.05) is 5.57 Å². The molecular weight excluding hydrogens is 187 g/mol. The normalized spacial score (nSPS) is 28.8. The van der Waals surface area contributed by atoms with Gasteiger partial charge in [0.2, 0.25) is 10.5 Å². The molecule has 0 fully saturated rings. The minimum absolute atomic E-state index is 0.359. The molecule has 0 amide bonds. The van der Waals surface area contributed by atoms with Crippen LogP contribution in [0.4, 0.5) is 0 Å². The van der Waals surface area contributed by atoms with Crippen LogP contribution in [0, 0.1) is 5.41 Å². The quantitative estimate of drug-likeness (QED) is 0.627. The molecule has 0 aliphatic heterocycles. The van der Waals surface area contributed by atoms with Crippen molar-refractivity contribution >= 4 is 33.7 Å². The van der Waals surface area contributed by atoms with Gasteiger partial charge in [0.15, 0.2) is 0 Å². The minimum atomic E-state index is -0.665. The molecule has 0 saturated carbocycles. The van der Waals surface area contributed by atoms with E-state index in [1.165, 1.54) is 6.08 Å². The van der Waals surface area contributed by atoms with Gasteiger partial charge in [0.05, 0.1) is 5.41 Å². The van der Waals surface area contributed by atoms with Crippen molar-refractivity contribution < 1.29 is 9.59 Å². The molecule has 11 heavy (non-hydrogen) atoms. The maximum Gasteiger partial charge on any atom is 0.248 e. The molecule has 0 aromatic heterocycles. The number of halogens is 2. The summed E-state index contributed by atoms with van der Waals surface area (Å²) < 4.78 is 0. The molecule has 0 saturated heterocycles. The Bertz CT molecular complexity index is 257. The van der Waals surface area contributed by atoms with E-state index in [1.807, 2.05) is 0 Å². The van der Waals surface area contributed by atoms with E-state index in [0.29, 0.717) is 12.0 Å². The monoisotopic (exact) mass is 192 g/mol. The van der Waals surface area contributed by atoms with E-state index in [-0.39, 0.29) is 0 Å². The lowest BCUT2D eigenvalue weighted by Gasteiger charge is -2.30. The number of rotatable bonds is 2. The summed E-state index contributed by atoms with van der Waals surface area (Å²) in [6.07, 6.45) is 1.87. The van der Waals surface area contributed by atoms with Gasteiger partial charge in [-0.15, -0.1) is 0 Å². The van der Waals surface area contributed by atoms with Gasteiger partial charge in [-0.05, 0) is 36.5 Å². The lowest BCUT2D eigenvalue weighted by Crippen LogP contribution is -2.31.